The maximum absolute atomic E-state index is 10.3. The molecule has 1 aromatic carbocycles. The summed E-state index contributed by atoms with van der Waals surface area (Å²) in [5, 5.41) is 8.44. The highest BCUT2D eigenvalue weighted by Crippen LogP contribution is 2.19. The van der Waals surface area contributed by atoms with Crippen molar-refractivity contribution >= 4 is 28.0 Å². The van der Waals surface area contributed by atoms with Gasteiger partial charge in [0.2, 0.25) is 0 Å². The van der Waals surface area contributed by atoms with Crippen LogP contribution in [0.1, 0.15) is 5.56 Å². The van der Waals surface area contributed by atoms with Gasteiger partial charge >= 0.3 is 5.97 Å². The molecule has 0 heterocycles. The Hall–Kier alpha value is -1.29. The average Bonchev–Trinajstić information content (AvgIpc) is 2.17. The van der Waals surface area contributed by atoms with E-state index in [0.717, 1.165) is 5.56 Å². The molecule has 1 rings (SSSR count). The molecule has 0 aromatic heterocycles. The largest absolute Gasteiger partial charge is 0.481 e. The minimum absolute atomic E-state index is 0.326. The van der Waals surface area contributed by atoms with E-state index < -0.39 is 5.97 Å². The Labute approximate surface area is 90.1 Å². The van der Waals surface area contributed by atoms with Gasteiger partial charge in [0.25, 0.3) is 0 Å². The summed E-state index contributed by atoms with van der Waals surface area (Å²) in [6, 6.07) is 7.22. The van der Waals surface area contributed by atoms with Crippen molar-refractivity contribution in [1.29, 1.82) is 0 Å². The molecule has 0 radical (unpaired) electrons. The van der Waals surface area contributed by atoms with Gasteiger partial charge in [0.05, 0.1) is 0 Å². The number of carboxylic acid groups (broad SMARTS) is 1. The standard InChI is InChI=1S/C10H9BrO3/c11-6-5-8-3-1-2-4-9(8)14-7-10(12)13/h1-6H,7H2,(H,12,13)/b6-5+. The van der Waals surface area contributed by atoms with Crippen molar-refractivity contribution in [3.05, 3.63) is 34.8 Å². The van der Waals surface area contributed by atoms with Crippen LogP contribution in [0.2, 0.25) is 0 Å². The first-order chi connectivity index (χ1) is 6.74. The van der Waals surface area contributed by atoms with E-state index >= 15 is 0 Å². The Morgan fingerprint density at radius 3 is 2.86 bits per heavy atom. The minimum atomic E-state index is -0.984. The van der Waals surface area contributed by atoms with Gasteiger partial charge in [-0.15, -0.1) is 0 Å². The summed E-state index contributed by atoms with van der Waals surface area (Å²) in [6.45, 7) is -0.326. The number of carbonyl (C=O) groups is 1. The Balaban J connectivity index is 2.79. The van der Waals surface area contributed by atoms with Gasteiger partial charge < -0.3 is 9.84 Å². The Morgan fingerprint density at radius 2 is 2.21 bits per heavy atom. The number of hydrogen-bond acceptors (Lipinski definition) is 2. The fraction of sp³-hybridized carbons (Fsp3) is 0.100. The zero-order chi connectivity index (χ0) is 10.4. The summed E-state index contributed by atoms with van der Waals surface area (Å²) in [7, 11) is 0. The van der Waals surface area contributed by atoms with E-state index in [1.54, 1.807) is 23.2 Å². The second-order valence-electron chi connectivity index (χ2n) is 2.51. The van der Waals surface area contributed by atoms with E-state index in [2.05, 4.69) is 15.9 Å². The number of aliphatic carboxylic acids is 1. The summed E-state index contributed by atoms with van der Waals surface area (Å²) in [5.41, 5.74) is 0.839. The smallest absolute Gasteiger partial charge is 0.341 e. The fourth-order valence-corrected chi connectivity index (χ4v) is 1.24. The first-order valence-electron chi connectivity index (χ1n) is 3.94. The SMILES string of the molecule is O=C(O)COc1ccccc1/C=C/Br. The maximum Gasteiger partial charge on any atom is 0.341 e. The summed E-state index contributed by atoms with van der Waals surface area (Å²) < 4.78 is 5.08. The van der Waals surface area contributed by atoms with Crippen molar-refractivity contribution in [2.75, 3.05) is 6.61 Å². The number of carboxylic acids is 1. The number of ether oxygens (including phenoxy) is 1. The van der Waals surface area contributed by atoms with Gasteiger partial charge in [-0.2, -0.15) is 0 Å². The number of halogens is 1. The van der Waals surface area contributed by atoms with E-state index in [-0.39, 0.29) is 6.61 Å². The van der Waals surface area contributed by atoms with Crippen molar-refractivity contribution in [3.63, 3.8) is 0 Å². The molecule has 14 heavy (non-hydrogen) atoms. The van der Waals surface area contributed by atoms with Crippen LogP contribution in [0, 0.1) is 0 Å². The third kappa shape index (κ3) is 3.22. The van der Waals surface area contributed by atoms with Gasteiger partial charge in [0.15, 0.2) is 6.61 Å². The van der Waals surface area contributed by atoms with Gasteiger partial charge in [-0.05, 0) is 17.1 Å². The van der Waals surface area contributed by atoms with Crippen LogP contribution in [0.5, 0.6) is 5.75 Å². The average molecular weight is 257 g/mol. The lowest BCUT2D eigenvalue weighted by molar-refractivity contribution is -0.139. The van der Waals surface area contributed by atoms with E-state index in [1.807, 2.05) is 12.1 Å². The molecule has 1 N–H and O–H groups in total. The van der Waals surface area contributed by atoms with Crippen molar-refractivity contribution in [2.45, 2.75) is 0 Å². The second-order valence-corrected chi connectivity index (χ2v) is 3.04. The monoisotopic (exact) mass is 256 g/mol. The maximum atomic E-state index is 10.3. The zero-order valence-corrected chi connectivity index (χ0v) is 8.90. The lowest BCUT2D eigenvalue weighted by atomic mass is 10.2. The number of benzene rings is 1. The van der Waals surface area contributed by atoms with Gasteiger partial charge in [-0.25, -0.2) is 4.79 Å². The van der Waals surface area contributed by atoms with Crippen LogP contribution in [-0.2, 0) is 4.79 Å². The molecule has 0 aliphatic heterocycles. The molecule has 0 spiro atoms. The molecule has 0 aliphatic carbocycles. The van der Waals surface area contributed by atoms with Crippen molar-refractivity contribution in [2.24, 2.45) is 0 Å². The molecule has 3 nitrogen and oxygen atoms in total. The molecular weight excluding hydrogens is 248 g/mol. The van der Waals surface area contributed by atoms with Crippen LogP contribution in [-0.4, -0.2) is 17.7 Å². The van der Waals surface area contributed by atoms with Gasteiger partial charge in [0.1, 0.15) is 5.75 Å². The summed E-state index contributed by atoms with van der Waals surface area (Å²) >= 11 is 3.15. The highest BCUT2D eigenvalue weighted by Gasteiger charge is 2.02. The number of para-hydroxylation sites is 1. The van der Waals surface area contributed by atoms with E-state index in [9.17, 15) is 4.79 Å². The molecule has 1 aromatic rings. The van der Waals surface area contributed by atoms with Crippen molar-refractivity contribution < 1.29 is 14.6 Å². The van der Waals surface area contributed by atoms with E-state index in [0.29, 0.717) is 5.75 Å². The predicted molar refractivity (Wildman–Crippen MR) is 57.5 cm³/mol. The molecular formula is C10H9BrO3. The van der Waals surface area contributed by atoms with Crippen LogP contribution >= 0.6 is 15.9 Å². The fourth-order valence-electron chi connectivity index (χ4n) is 0.957. The van der Waals surface area contributed by atoms with Gasteiger partial charge in [-0.3, -0.25) is 0 Å². The molecule has 4 heteroatoms. The van der Waals surface area contributed by atoms with Crippen LogP contribution in [0.25, 0.3) is 6.08 Å². The highest BCUT2D eigenvalue weighted by molar-refractivity contribution is 9.11. The zero-order valence-electron chi connectivity index (χ0n) is 7.31. The van der Waals surface area contributed by atoms with Crippen molar-refractivity contribution in [1.82, 2.24) is 0 Å². The summed E-state index contributed by atoms with van der Waals surface area (Å²) in [6.07, 6.45) is 1.79. The lowest BCUT2D eigenvalue weighted by Gasteiger charge is -2.05. The molecule has 0 amide bonds. The molecule has 74 valence electrons. The third-order valence-electron chi connectivity index (χ3n) is 1.51. The van der Waals surface area contributed by atoms with E-state index in [1.165, 1.54) is 0 Å². The number of hydrogen-bond donors (Lipinski definition) is 1. The summed E-state index contributed by atoms with van der Waals surface area (Å²) in [4.78, 5) is 12.0. The molecule has 0 aliphatic rings. The van der Waals surface area contributed by atoms with Crippen LogP contribution < -0.4 is 4.74 Å². The van der Waals surface area contributed by atoms with Gasteiger partial charge in [-0.1, -0.05) is 34.1 Å². The normalized spacial score (nSPS) is 10.4. The molecule has 0 unspecified atom stereocenters. The first-order valence-corrected chi connectivity index (χ1v) is 4.86. The minimum Gasteiger partial charge on any atom is -0.481 e. The Bertz CT molecular complexity index is 347. The van der Waals surface area contributed by atoms with Crippen LogP contribution in [0.4, 0.5) is 0 Å². The lowest BCUT2D eigenvalue weighted by Crippen LogP contribution is -2.09. The molecule has 0 bridgehead atoms. The molecule has 0 saturated heterocycles. The number of rotatable bonds is 4. The Morgan fingerprint density at radius 1 is 1.50 bits per heavy atom. The summed E-state index contributed by atoms with van der Waals surface area (Å²) in [5.74, 6) is -0.423. The highest BCUT2D eigenvalue weighted by atomic mass is 79.9. The quantitative estimate of drug-likeness (QED) is 0.901. The van der Waals surface area contributed by atoms with Crippen molar-refractivity contribution in [3.8, 4) is 5.75 Å². The second kappa shape index (κ2) is 5.44. The molecule has 0 saturated carbocycles. The third-order valence-corrected chi connectivity index (χ3v) is 1.78. The molecule has 0 fully saturated rings. The molecule has 0 atom stereocenters. The Kier molecular flexibility index (Phi) is 4.19. The van der Waals surface area contributed by atoms with Crippen LogP contribution in [0.3, 0.4) is 0 Å². The van der Waals surface area contributed by atoms with Crippen LogP contribution in [0.15, 0.2) is 29.3 Å². The topological polar surface area (TPSA) is 46.5 Å². The van der Waals surface area contributed by atoms with E-state index in [4.69, 9.17) is 9.84 Å². The predicted octanol–water partition coefficient (Wildman–Crippen LogP) is 2.52. The van der Waals surface area contributed by atoms with Gasteiger partial charge in [0, 0.05) is 5.56 Å². The first kappa shape index (κ1) is 10.8.